The SMILES string of the molecule is COC(=O)C(CO)NC(=O)c1cc(F)ccc1F. The summed E-state index contributed by atoms with van der Waals surface area (Å²) in [7, 11) is 1.07. The first-order valence-corrected chi connectivity index (χ1v) is 4.94. The van der Waals surface area contributed by atoms with Gasteiger partial charge in [0, 0.05) is 0 Å². The Bertz CT molecular complexity index is 464. The molecule has 98 valence electrons. The second kappa shape index (κ2) is 6.06. The summed E-state index contributed by atoms with van der Waals surface area (Å²) in [5.74, 6) is -3.63. The van der Waals surface area contributed by atoms with Crippen molar-refractivity contribution in [3.8, 4) is 0 Å². The first kappa shape index (κ1) is 14.0. The summed E-state index contributed by atoms with van der Waals surface area (Å²) in [6.45, 7) is -0.713. The zero-order valence-electron chi connectivity index (χ0n) is 9.44. The Morgan fingerprint density at radius 1 is 1.44 bits per heavy atom. The molecule has 1 atom stereocenters. The van der Waals surface area contributed by atoms with Gasteiger partial charge in [0.2, 0.25) is 0 Å². The van der Waals surface area contributed by atoms with Crippen molar-refractivity contribution in [2.45, 2.75) is 6.04 Å². The number of hydrogen-bond donors (Lipinski definition) is 2. The topological polar surface area (TPSA) is 75.6 Å². The summed E-state index contributed by atoms with van der Waals surface area (Å²) in [5.41, 5.74) is -0.558. The number of ether oxygens (including phenoxy) is 1. The Morgan fingerprint density at radius 2 is 2.11 bits per heavy atom. The Labute approximate surface area is 101 Å². The van der Waals surface area contributed by atoms with Crippen molar-refractivity contribution in [1.29, 1.82) is 0 Å². The molecule has 7 heteroatoms. The number of methoxy groups -OCH3 is 1. The van der Waals surface area contributed by atoms with Crippen LogP contribution in [-0.2, 0) is 9.53 Å². The van der Waals surface area contributed by atoms with Crippen molar-refractivity contribution < 1.29 is 28.2 Å². The molecule has 0 aromatic heterocycles. The molecule has 0 aliphatic rings. The van der Waals surface area contributed by atoms with Crippen molar-refractivity contribution in [2.24, 2.45) is 0 Å². The van der Waals surface area contributed by atoms with Crippen LogP contribution in [0.4, 0.5) is 8.78 Å². The largest absolute Gasteiger partial charge is 0.467 e. The molecule has 0 radical (unpaired) electrons. The van der Waals surface area contributed by atoms with Crippen LogP contribution in [0.1, 0.15) is 10.4 Å². The van der Waals surface area contributed by atoms with Gasteiger partial charge in [-0.15, -0.1) is 0 Å². The van der Waals surface area contributed by atoms with Crippen molar-refractivity contribution >= 4 is 11.9 Å². The number of benzene rings is 1. The highest BCUT2D eigenvalue weighted by atomic mass is 19.1. The van der Waals surface area contributed by atoms with Gasteiger partial charge in [-0.25, -0.2) is 13.6 Å². The van der Waals surface area contributed by atoms with Crippen LogP contribution in [0.15, 0.2) is 18.2 Å². The number of halogens is 2. The van der Waals surface area contributed by atoms with Crippen LogP contribution in [0.2, 0.25) is 0 Å². The molecule has 0 bridgehead atoms. The van der Waals surface area contributed by atoms with Gasteiger partial charge in [-0.05, 0) is 18.2 Å². The molecule has 18 heavy (non-hydrogen) atoms. The Morgan fingerprint density at radius 3 is 2.67 bits per heavy atom. The molecular weight excluding hydrogens is 248 g/mol. The van der Waals surface area contributed by atoms with Gasteiger partial charge in [0.25, 0.3) is 5.91 Å². The molecule has 0 aliphatic carbocycles. The summed E-state index contributed by atoms with van der Waals surface area (Å²) in [5, 5.41) is 10.9. The highest BCUT2D eigenvalue weighted by molar-refractivity contribution is 5.97. The first-order valence-electron chi connectivity index (χ1n) is 4.94. The molecule has 5 nitrogen and oxygen atoms in total. The summed E-state index contributed by atoms with van der Waals surface area (Å²) >= 11 is 0. The van der Waals surface area contributed by atoms with Gasteiger partial charge < -0.3 is 15.2 Å². The van der Waals surface area contributed by atoms with E-state index in [4.69, 9.17) is 5.11 Å². The van der Waals surface area contributed by atoms with E-state index in [0.29, 0.717) is 6.07 Å². The number of esters is 1. The van der Waals surface area contributed by atoms with E-state index in [1.165, 1.54) is 0 Å². The summed E-state index contributed by atoms with van der Waals surface area (Å²) in [6, 6.07) is 1.01. The third-order valence-electron chi connectivity index (χ3n) is 2.15. The average Bonchev–Trinajstić information content (AvgIpc) is 2.37. The van der Waals surface area contributed by atoms with Gasteiger partial charge in [-0.3, -0.25) is 4.79 Å². The normalized spacial score (nSPS) is 11.8. The van der Waals surface area contributed by atoms with E-state index >= 15 is 0 Å². The highest BCUT2D eigenvalue weighted by Crippen LogP contribution is 2.09. The molecule has 2 N–H and O–H groups in total. The van der Waals surface area contributed by atoms with Gasteiger partial charge >= 0.3 is 5.97 Å². The Kier molecular flexibility index (Phi) is 4.73. The summed E-state index contributed by atoms with van der Waals surface area (Å²) < 4.78 is 30.4. The lowest BCUT2D eigenvalue weighted by Gasteiger charge is -2.14. The fourth-order valence-corrected chi connectivity index (χ4v) is 1.23. The van der Waals surface area contributed by atoms with Crippen LogP contribution in [0.25, 0.3) is 0 Å². The van der Waals surface area contributed by atoms with Gasteiger partial charge in [0.1, 0.15) is 11.6 Å². The van der Waals surface area contributed by atoms with E-state index in [1.54, 1.807) is 0 Å². The van der Waals surface area contributed by atoms with E-state index in [2.05, 4.69) is 4.74 Å². The lowest BCUT2D eigenvalue weighted by atomic mass is 10.1. The zero-order chi connectivity index (χ0) is 13.7. The maximum absolute atomic E-state index is 13.3. The Hall–Kier alpha value is -2.02. The van der Waals surface area contributed by atoms with Crippen molar-refractivity contribution in [3.63, 3.8) is 0 Å². The molecule has 1 aromatic rings. The predicted octanol–water partition coefficient (Wildman–Crippen LogP) is 0.228. The van der Waals surface area contributed by atoms with Gasteiger partial charge in [-0.2, -0.15) is 0 Å². The van der Waals surface area contributed by atoms with E-state index in [1.807, 2.05) is 5.32 Å². The maximum Gasteiger partial charge on any atom is 0.330 e. The number of aliphatic hydroxyl groups is 1. The molecule has 1 rings (SSSR count). The fraction of sp³-hybridized carbons (Fsp3) is 0.273. The molecule has 0 aliphatic heterocycles. The fourth-order valence-electron chi connectivity index (χ4n) is 1.23. The molecule has 0 spiro atoms. The molecule has 1 amide bonds. The molecule has 1 unspecified atom stereocenters. The molecule has 0 heterocycles. The van der Waals surface area contributed by atoms with Crippen LogP contribution in [0.5, 0.6) is 0 Å². The maximum atomic E-state index is 13.3. The number of hydrogen-bond acceptors (Lipinski definition) is 4. The second-order valence-electron chi connectivity index (χ2n) is 3.36. The molecule has 1 aromatic carbocycles. The van der Waals surface area contributed by atoms with E-state index in [0.717, 1.165) is 19.2 Å². The summed E-state index contributed by atoms with van der Waals surface area (Å²) in [4.78, 5) is 22.7. The second-order valence-corrected chi connectivity index (χ2v) is 3.36. The quantitative estimate of drug-likeness (QED) is 0.759. The lowest BCUT2D eigenvalue weighted by Crippen LogP contribution is -2.44. The van der Waals surface area contributed by atoms with Gasteiger partial charge in [0.15, 0.2) is 6.04 Å². The van der Waals surface area contributed by atoms with Crippen LogP contribution in [-0.4, -0.2) is 36.7 Å². The first-order chi connectivity index (χ1) is 8.49. The third-order valence-corrected chi connectivity index (χ3v) is 2.15. The number of aliphatic hydroxyl groups excluding tert-OH is 1. The van der Waals surface area contributed by atoms with E-state index in [9.17, 15) is 18.4 Å². The third kappa shape index (κ3) is 3.24. The summed E-state index contributed by atoms with van der Waals surface area (Å²) in [6.07, 6.45) is 0. The average molecular weight is 259 g/mol. The minimum Gasteiger partial charge on any atom is -0.467 e. The van der Waals surface area contributed by atoms with Crippen LogP contribution >= 0.6 is 0 Å². The van der Waals surface area contributed by atoms with Crippen LogP contribution in [0, 0.1) is 11.6 Å². The standard InChI is InChI=1S/C11H11F2NO4/c1-18-11(17)9(5-15)14-10(16)7-4-6(12)2-3-8(7)13/h2-4,9,15H,5H2,1H3,(H,14,16). The van der Waals surface area contributed by atoms with E-state index in [-0.39, 0.29) is 0 Å². The smallest absolute Gasteiger partial charge is 0.330 e. The number of amides is 1. The molecule has 0 saturated carbocycles. The highest BCUT2D eigenvalue weighted by Gasteiger charge is 2.22. The van der Waals surface area contributed by atoms with Crippen LogP contribution in [0.3, 0.4) is 0 Å². The minimum absolute atomic E-state index is 0.558. The molecule has 0 fully saturated rings. The minimum atomic E-state index is -1.33. The molecular formula is C11H11F2NO4. The Balaban J connectivity index is 2.87. The van der Waals surface area contributed by atoms with Gasteiger partial charge in [0.05, 0.1) is 19.3 Å². The zero-order valence-corrected chi connectivity index (χ0v) is 9.44. The van der Waals surface area contributed by atoms with Crippen molar-refractivity contribution in [3.05, 3.63) is 35.4 Å². The monoisotopic (exact) mass is 259 g/mol. The number of carbonyl (C=O) groups excluding carboxylic acids is 2. The number of nitrogens with one attached hydrogen (secondary N) is 1. The lowest BCUT2D eigenvalue weighted by molar-refractivity contribution is -0.143. The van der Waals surface area contributed by atoms with Crippen LogP contribution < -0.4 is 5.32 Å². The van der Waals surface area contributed by atoms with Gasteiger partial charge in [-0.1, -0.05) is 0 Å². The van der Waals surface area contributed by atoms with Crippen molar-refractivity contribution in [2.75, 3.05) is 13.7 Å². The number of rotatable bonds is 4. The van der Waals surface area contributed by atoms with E-state index < -0.39 is 41.7 Å². The van der Waals surface area contributed by atoms with Crippen molar-refractivity contribution in [1.82, 2.24) is 5.32 Å². The predicted molar refractivity (Wildman–Crippen MR) is 56.7 cm³/mol. The number of carbonyl (C=O) groups is 2. The molecule has 0 saturated heterocycles.